The number of rotatable bonds is 2. The Bertz CT molecular complexity index is 589. The molecule has 2 rings (SSSR count). The van der Waals surface area contributed by atoms with Gasteiger partial charge in [0, 0.05) is 6.07 Å². The van der Waals surface area contributed by atoms with E-state index in [1.807, 2.05) is 0 Å². The van der Waals surface area contributed by atoms with Crippen LogP contribution in [0.4, 0.5) is 0 Å². The Balaban J connectivity index is 2.66. The van der Waals surface area contributed by atoms with Crippen molar-refractivity contribution >= 4 is 11.6 Å². The van der Waals surface area contributed by atoms with Crippen molar-refractivity contribution in [2.24, 2.45) is 0 Å². The van der Waals surface area contributed by atoms with Crippen LogP contribution in [0.15, 0.2) is 6.07 Å². The summed E-state index contributed by atoms with van der Waals surface area (Å²) < 4.78 is 6.10. The number of carbonyl (C=O) groups is 1. The lowest BCUT2D eigenvalue weighted by molar-refractivity contribution is 0.0520. The Hall–Kier alpha value is -2.11. The van der Waals surface area contributed by atoms with Crippen LogP contribution in [0.3, 0.4) is 0 Å². The topological polar surface area (TPSA) is 76.7 Å². The standard InChI is InChI=1S/C11H13N3O3/c1-4-17-11(16)9-7(3)12-8-5-6(2)13-14(8)10(9)15/h5,15H,4H2,1-3H3. The fraction of sp³-hybridized carbons (Fsp3) is 0.364. The van der Waals surface area contributed by atoms with E-state index in [1.54, 1.807) is 26.8 Å². The van der Waals surface area contributed by atoms with Crippen molar-refractivity contribution in [1.82, 2.24) is 14.6 Å². The molecule has 0 aliphatic carbocycles. The Labute approximate surface area is 97.9 Å². The van der Waals surface area contributed by atoms with E-state index >= 15 is 0 Å². The fourth-order valence-electron chi connectivity index (χ4n) is 1.66. The average molecular weight is 235 g/mol. The summed E-state index contributed by atoms with van der Waals surface area (Å²) in [5.41, 5.74) is 1.70. The maximum absolute atomic E-state index is 11.7. The Kier molecular flexibility index (Phi) is 2.71. The molecule has 0 fully saturated rings. The molecule has 0 amide bonds. The quantitative estimate of drug-likeness (QED) is 0.792. The highest BCUT2D eigenvalue weighted by molar-refractivity contribution is 5.93. The van der Waals surface area contributed by atoms with Crippen molar-refractivity contribution in [3.8, 4) is 5.88 Å². The second-order valence-corrected chi connectivity index (χ2v) is 3.67. The third kappa shape index (κ3) is 1.82. The van der Waals surface area contributed by atoms with Crippen molar-refractivity contribution in [3.05, 3.63) is 23.0 Å². The summed E-state index contributed by atoms with van der Waals surface area (Å²) in [5, 5.41) is 14.1. The zero-order valence-electron chi connectivity index (χ0n) is 9.89. The molecule has 0 aliphatic rings. The lowest BCUT2D eigenvalue weighted by Crippen LogP contribution is -2.11. The summed E-state index contributed by atoms with van der Waals surface area (Å²) in [4.78, 5) is 15.9. The molecule has 6 heteroatoms. The van der Waals surface area contributed by atoms with Gasteiger partial charge < -0.3 is 9.84 Å². The summed E-state index contributed by atoms with van der Waals surface area (Å²) in [6, 6.07) is 1.72. The Morgan fingerprint density at radius 1 is 1.53 bits per heavy atom. The molecule has 2 aromatic heterocycles. The number of esters is 1. The molecule has 90 valence electrons. The molecule has 0 atom stereocenters. The number of aromatic hydroxyl groups is 1. The number of aryl methyl sites for hydroxylation is 2. The van der Waals surface area contributed by atoms with Crippen LogP contribution in [-0.2, 0) is 4.74 Å². The molecule has 0 bridgehead atoms. The van der Waals surface area contributed by atoms with Gasteiger partial charge in [-0.15, -0.1) is 0 Å². The van der Waals surface area contributed by atoms with E-state index in [9.17, 15) is 9.90 Å². The molecule has 2 aromatic rings. The van der Waals surface area contributed by atoms with Crippen LogP contribution in [0.25, 0.3) is 5.65 Å². The average Bonchev–Trinajstić information content (AvgIpc) is 2.59. The zero-order chi connectivity index (χ0) is 12.6. The summed E-state index contributed by atoms with van der Waals surface area (Å²) >= 11 is 0. The van der Waals surface area contributed by atoms with E-state index in [0.717, 1.165) is 0 Å². The van der Waals surface area contributed by atoms with Gasteiger partial charge in [-0.25, -0.2) is 9.78 Å². The molecule has 6 nitrogen and oxygen atoms in total. The van der Waals surface area contributed by atoms with E-state index in [-0.39, 0.29) is 18.1 Å². The fourth-order valence-corrected chi connectivity index (χ4v) is 1.66. The molecular weight excluding hydrogens is 222 g/mol. The number of aromatic nitrogens is 3. The molecule has 17 heavy (non-hydrogen) atoms. The zero-order valence-corrected chi connectivity index (χ0v) is 9.89. The third-order valence-corrected chi connectivity index (χ3v) is 2.36. The van der Waals surface area contributed by atoms with Crippen LogP contribution >= 0.6 is 0 Å². The van der Waals surface area contributed by atoms with Crippen LogP contribution < -0.4 is 0 Å². The van der Waals surface area contributed by atoms with Gasteiger partial charge in [0.15, 0.2) is 5.65 Å². The number of hydrogen-bond donors (Lipinski definition) is 1. The third-order valence-electron chi connectivity index (χ3n) is 2.36. The van der Waals surface area contributed by atoms with Crippen molar-refractivity contribution in [2.75, 3.05) is 6.61 Å². The van der Waals surface area contributed by atoms with E-state index in [0.29, 0.717) is 17.0 Å². The lowest BCUT2D eigenvalue weighted by atomic mass is 10.2. The van der Waals surface area contributed by atoms with Gasteiger partial charge in [-0.3, -0.25) is 0 Å². The number of ether oxygens (including phenoxy) is 1. The second kappa shape index (κ2) is 4.04. The van der Waals surface area contributed by atoms with Gasteiger partial charge in [0.1, 0.15) is 5.56 Å². The predicted octanol–water partition coefficient (Wildman–Crippen LogP) is 1.23. The highest BCUT2D eigenvalue weighted by atomic mass is 16.5. The van der Waals surface area contributed by atoms with Crippen LogP contribution in [0.5, 0.6) is 5.88 Å². The smallest absolute Gasteiger partial charge is 0.345 e. The first-order valence-corrected chi connectivity index (χ1v) is 5.27. The van der Waals surface area contributed by atoms with E-state index in [2.05, 4.69) is 10.1 Å². The van der Waals surface area contributed by atoms with Crippen molar-refractivity contribution < 1.29 is 14.6 Å². The van der Waals surface area contributed by atoms with Crippen LogP contribution in [0.1, 0.15) is 28.7 Å². The van der Waals surface area contributed by atoms with Gasteiger partial charge in [0.05, 0.1) is 18.0 Å². The summed E-state index contributed by atoms with van der Waals surface area (Å²) in [7, 11) is 0. The van der Waals surface area contributed by atoms with Crippen molar-refractivity contribution in [1.29, 1.82) is 0 Å². The van der Waals surface area contributed by atoms with Crippen LogP contribution in [0.2, 0.25) is 0 Å². The van der Waals surface area contributed by atoms with E-state index < -0.39 is 5.97 Å². The maximum atomic E-state index is 11.7. The molecule has 0 unspecified atom stereocenters. The molecule has 0 aliphatic heterocycles. The Morgan fingerprint density at radius 2 is 2.24 bits per heavy atom. The minimum Gasteiger partial charge on any atom is -0.493 e. The maximum Gasteiger partial charge on any atom is 0.345 e. The minimum atomic E-state index is -0.593. The predicted molar refractivity (Wildman–Crippen MR) is 60.1 cm³/mol. The van der Waals surface area contributed by atoms with Gasteiger partial charge in [-0.1, -0.05) is 0 Å². The number of hydrogen-bond acceptors (Lipinski definition) is 5. The largest absolute Gasteiger partial charge is 0.493 e. The summed E-state index contributed by atoms with van der Waals surface area (Å²) in [5.74, 6) is -0.830. The molecular formula is C11H13N3O3. The first-order chi connectivity index (χ1) is 8.04. The molecule has 0 radical (unpaired) electrons. The van der Waals surface area contributed by atoms with Gasteiger partial charge >= 0.3 is 5.97 Å². The monoisotopic (exact) mass is 235 g/mol. The summed E-state index contributed by atoms with van der Waals surface area (Å²) in [6.07, 6.45) is 0. The van der Waals surface area contributed by atoms with Gasteiger partial charge in [-0.05, 0) is 20.8 Å². The molecule has 0 aromatic carbocycles. The first-order valence-electron chi connectivity index (χ1n) is 5.27. The number of carbonyl (C=O) groups excluding carboxylic acids is 1. The van der Waals surface area contributed by atoms with Gasteiger partial charge in [0.2, 0.25) is 5.88 Å². The van der Waals surface area contributed by atoms with E-state index in [4.69, 9.17) is 4.74 Å². The number of nitrogens with zero attached hydrogens (tertiary/aromatic N) is 3. The second-order valence-electron chi connectivity index (χ2n) is 3.67. The SMILES string of the molecule is CCOC(=O)c1c(C)nc2cc(C)nn2c1O. The normalized spacial score (nSPS) is 10.8. The lowest BCUT2D eigenvalue weighted by Gasteiger charge is -2.08. The molecule has 0 saturated carbocycles. The highest BCUT2D eigenvalue weighted by Gasteiger charge is 2.20. The highest BCUT2D eigenvalue weighted by Crippen LogP contribution is 2.22. The molecule has 2 heterocycles. The first kappa shape index (κ1) is 11.4. The van der Waals surface area contributed by atoms with Gasteiger partial charge in [0.25, 0.3) is 0 Å². The molecule has 0 spiro atoms. The minimum absolute atomic E-state index is 0.0578. The van der Waals surface area contributed by atoms with Crippen molar-refractivity contribution in [2.45, 2.75) is 20.8 Å². The molecule has 1 N–H and O–H groups in total. The Morgan fingerprint density at radius 3 is 2.88 bits per heavy atom. The van der Waals surface area contributed by atoms with Crippen LogP contribution in [-0.4, -0.2) is 32.3 Å². The molecule has 0 saturated heterocycles. The van der Waals surface area contributed by atoms with E-state index in [1.165, 1.54) is 4.52 Å². The number of fused-ring (bicyclic) bond motifs is 1. The summed E-state index contributed by atoms with van der Waals surface area (Å²) in [6.45, 7) is 5.38. The van der Waals surface area contributed by atoms with Crippen LogP contribution in [0, 0.1) is 13.8 Å². The van der Waals surface area contributed by atoms with Gasteiger partial charge in [-0.2, -0.15) is 9.61 Å². The van der Waals surface area contributed by atoms with Crippen molar-refractivity contribution in [3.63, 3.8) is 0 Å².